The van der Waals surface area contributed by atoms with Crippen LogP contribution in [0.25, 0.3) is 5.69 Å². The number of nitrogens with zero attached hydrogens (tertiary/aromatic N) is 2. The summed E-state index contributed by atoms with van der Waals surface area (Å²) in [5, 5.41) is 7.72. The van der Waals surface area contributed by atoms with Crippen LogP contribution < -0.4 is 10.1 Å². The van der Waals surface area contributed by atoms with Gasteiger partial charge in [0.1, 0.15) is 23.7 Å². The summed E-state index contributed by atoms with van der Waals surface area (Å²) in [7, 11) is 0. The fourth-order valence-electron chi connectivity index (χ4n) is 3.73. The second kappa shape index (κ2) is 11.3. The summed E-state index contributed by atoms with van der Waals surface area (Å²) in [5.74, 6) is 0.508. The minimum atomic E-state index is -0.590. The van der Waals surface area contributed by atoms with Gasteiger partial charge in [0.25, 0.3) is 5.91 Å². The monoisotopic (exact) mass is 521 g/mol. The Hall–Kier alpha value is -4.04. The number of ether oxygens (including phenoxy) is 2. The predicted octanol–water partition coefficient (Wildman–Crippen LogP) is 6.56. The molecule has 2 aromatic carbocycles. The van der Waals surface area contributed by atoms with Gasteiger partial charge >= 0.3 is 5.97 Å². The van der Waals surface area contributed by atoms with E-state index in [4.69, 9.17) is 25.5 Å². The molecule has 1 amide bonds. The van der Waals surface area contributed by atoms with Crippen molar-refractivity contribution in [1.82, 2.24) is 9.78 Å². The van der Waals surface area contributed by atoms with E-state index in [-0.39, 0.29) is 36.3 Å². The molecule has 192 valence electrons. The highest BCUT2D eigenvalue weighted by atomic mass is 35.5. The predicted molar refractivity (Wildman–Crippen MR) is 141 cm³/mol. The molecule has 0 aliphatic rings. The number of benzene rings is 2. The van der Waals surface area contributed by atoms with Gasteiger partial charge in [0, 0.05) is 5.02 Å². The first-order valence-corrected chi connectivity index (χ1v) is 12.3. The van der Waals surface area contributed by atoms with Crippen LogP contribution in [0.2, 0.25) is 5.02 Å². The molecule has 0 atom stereocenters. The molecule has 0 spiro atoms. The average Bonchev–Trinajstić information content (AvgIpc) is 3.52. The van der Waals surface area contributed by atoms with Gasteiger partial charge in [-0.1, -0.05) is 43.6 Å². The summed E-state index contributed by atoms with van der Waals surface area (Å²) in [6, 6.07) is 16.2. The quantitative estimate of drug-likeness (QED) is 0.251. The van der Waals surface area contributed by atoms with Crippen LogP contribution in [-0.2, 0) is 11.3 Å². The van der Waals surface area contributed by atoms with Crippen molar-refractivity contribution >= 4 is 29.3 Å². The van der Waals surface area contributed by atoms with Crippen molar-refractivity contribution in [3.63, 3.8) is 0 Å². The van der Waals surface area contributed by atoms with Crippen LogP contribution in [-0.4, -0.2) is 28.3 Å². The van der Waals surface area contributed by atoms with E-state index in [0.29, 0.717) is 22.2 Å². The van der Waals surface area contributed by atoms with E-state index in [1.54, 1.807) is 19.1 Å². The maximum atomic E-state index is 13.1. The van der Waals surface area contributed by atoms with E-state index in [1.807, 2.05) is 49.4 Å². The molecule has 8 nitrogen and oxygen atoms in total. The van der Waals surface area contributed by atoms with Crippen molar-refractivity contribution in [2.45, 2.75) is 40.2 Å². The zero-order valence-corrected chi connectivity index (χ0v) is 21.8. The molecule has 1 N–H and O–H groups in total. The number of nitrogens with one attached hydrogen (secondary N) is 1. The summed E-state index contributed by atoms with van der Waals surface area (Å²) in [6.45, 7) is 8.07. The average molecular weight is 522 g/mol. The zero-order valence-electron chi connectivity index (χ0n) is 21.1. The number of rotatable bonds is 9. The molecule has 9 heteroatoms. The second-order valence-electron chi connectivity index (χ2n) is 8.68. The van der Waals surface area contributed by atoms with E-state index in [1.165, 1.54) is 10.9 Å². The van der Waals surface area contributed by atoms with E-state index < -0.39 is 11.9 Å². The number of carbonyl (C=O) groups is 2. The van der Waals surface area contributed by atoms with E-state index in [2.05, 4.69) is 24.3 Å². The van der Waals surface area contributed by atoms with Gasteiger partial charge < -0.3 is 19.2 Å². The smallest absolute Gasteiger partial charge is 0.343 e. The van der Waals surface area contributed by atoms with Crippen molar-refractivity contribution in [3.8, 4) is 11.4 Å². The molecular weight excluding hydrogens is 494 g/mol. The third-order valence-corrected chi connectivity index (χ3v) is 6.07. The van der Waals surface area contributed by atoms with E-state index in [0.717, 1.165) is 11.1 Å². The van der Waals surface area contributed by atoms with Gasteiger partial charge in [-0.3, -0.25) is 4.79 Å². The Kier molecular flexibility index (Phi) is 7.98. The van der Waals surface area contributed by atoms with Crippen LogP contribution in [0.4, 0.5) is 5.82 Å². The summed E-state index contributed by atoms with van der Waals surface area (Å²) in [5.41, 5.74) is 2.70. The van der Waals surface area contributed by atoms with Gasteiger partial charge in [-0.15, -0.1) is 0 Å². The standard InChI is InChI=1S/C28H28ClN3O5/c1-5-35-28(34)22-15-30-32(19-9-7-6-8-10-19)26(22)31-27(33)24-12-11-20(37-24)16-36-25-13-18(4)23(29)14-21(25)17(2)3/h6-15,17H,5,16H2,1-4H3,(H,31,33). The Balaban J connectivity index is 1.54. The Bertz CT molecular complexity index is 1410. The lowest BCUT2D eigenvalue weighted by Crippen LogP contribution is -2.17. The molecule has 4 aromatic rings. The first-order valence-electron chi connectivity index (χ1n) is 11.9. The largest absolute Gasteiger partial charge is 0.485 e. The molecule has 0 unspecified atom stereocenters. The molecule has 0 aliphatic carbocycles. The van der Waals surface area contributed by atoms with Crippen molar-refractivity contribution in [3.05, 3.63) is 94.0 Å². The van der Waals surface area contributed by atoms with Gasteiger partial charge in [-0.05, 0) is 67.3 Å². The molecule has 0 saturated heterocycles. The topological polar surface area (TPSA) is 95.6 Å². The number of esters is 1. The lowest BCUT2D eigenvalue weighted by Gasteiger charge is -2.15. The third-order valence-electron chi connectivity index (χ3n) is 5.67. The van der Waals surface area contributed by atoms with Crippen molar-refractivity contribution in [2.24, 2.45) is 0 Å². The second-order valence-corrected chi connectivity index (χ2v) is 9.08. The van der Waals surface area contributed by atoms with Crippen molar-refractivity contribution < 1.29 is 23.5 Å². The lowest BCUT2D eigenvalue weighted by molar-refractivity contribution is 0.0527. The molecule has 4 rings (SSSR count). The molecule has 2 heterocycles. The Morgan fingerprint density at radius 2 is 1.89 bits per heavy atom. The van der Waals surface area contributed by atoms with Gasteiger partial charge in [0.15, 0.2) is 11.6 Å². The van der Waals surface area contributed by atoms with Crippen LogP contribution >= 0.6 is 11.6 Å². The van der Waals surface area contributed by atoms with Crippen LogP contribution in [0.5, 0.6) is 5.75 Å². The lowest BCUT2D eigenvalue weighted by atomic mass is 10.0. The molecule has 0 aliphatic heterocycles. The SMILES string of the molecule is CCOC(=O)c1cnn(-c2ccccc2)c1NC(=O)c1ccc(COc2cc(C)c(Cl)cc2C(C)C)o1. The molecule has 0 fully saturated rings. The fourth-order valence-corrected chi connectivity index (χ4v) is 3.91. The number of carbonyl (C=O) groups excluding carboxylic acids is 2. The number of para-hydroxylation sites is 1. The maximum absolute atomic E-state index is 13.1. The Morgan fingerprint density at radius 3 is 2.59 bits per heavy atom. The van der Waals surface area contributed by atoms with Crippen LogP contribution in [0.3, 0.4) is 0 Å². The zero-order chi connectivity index (χ0) is 26.5. The fraction of sp³-hybridized carbons (Fsp3) is 0.250. The van der Waals surface area contributed by atoms with Crippen LogP contribution in [0.1, 0.15) is 64.5 Å². The number of halogens is 1. The number of hydrogen-bond acceptors (Lipinski definition) is 6. The molecule has 0 bridgehead atoms. The highest BCUT2D eigenvalue weighted by Crippen LogP contribution is 2.32. The normalized spacial score (nSPS) is 11.0. The minimum Gasteiger partial charge on any atom is -0.485 e. The number of hydrogen-bond donors (Lipinski definition) is 1. The number of furan rings is 1. The molecule has 0 saturated carbocycles. The Labute approximate surface area is 220 Å². The molecule has 2 aromatic heterocycles. The van der Waals surface area contributed by atoms with Crippen molar-refractivity contribution in [1.29, 1.82) is 0 Å². The van der Waals surface area contributed by atoms with E-state index in [9.17, 15) is 9.59 Å². The summed E-state index contributed by atoms with van der Waals surface area (Å²) < 4.78 is 18.4. The Morgan fingerprint density at radius 1 is 1.14 bits per heavy atom. The van der Waals surface area contributed by atoms with Crippen molar-refractivity contribution in [2.75, 3.05) is 11.9 Å². The molecule has 37 heavy (non-hydrogen) atoms. The molecular formula is C28H28ClN3O5. The number of aromatic nitrogens is 2. The summed E-state index contributed by atoms with van der Waals surface area (Å²) >= 11 is 6.29. The third kappa shape index (κ3) is 5.86. The van der Waals surface area contributed by atoms with Crippen LogP contribution in [0.15, 0.2) is 65.2 Å². The number of amides is 1. The summed E-state index contributed by atoms with van der Waals surface area (Å²) in [4.78, 5) is 25.6. The first kappa shape index (κ1) is 26.0. The minimum absolute atomic E-state index is 0.0607. The first-order chi connectivity index (χ1) is 17.8. The number of anilines is 1. The van der Waals surface area contributed by atoms with Crippen LogP contribution in [0, 0.1) is 6.92 Å². The summed E-state index contributed by atoms with van der Waals surface area (Å²) in [6.07, 6.45) is 1.36. The van der Waals surface area contributed by atoms with E-state index >= 15 is 0 Å². The van der Waals surface area contributed by atoms with Gasteiger partial charge in [0.2, 0.25) is 0 Å². The highest BCUT2D eigenvalue weighted by Gasteiger charge is 2.23. The molecule has 0 radical (unpaired) electrons. The van der Waals surface area contributed by atoms with Gasteiger partial charge in [0.05, 0.1) is 18.5 Å². The van der Waals surface area contributed by atoms with Gasteiger partial charge in [-0.2, -0.15) is 5.10 Å². The number of aryl methyl sites for hydroxylation is 1. The van der Waals surface area contributed by atoms with Gasteiger partial charge in [-0.25, -0.2) is 9.48 Å². The highest BCUT2D eigenvalue weighted by molar-refractivity contribution is 6.31. The maximum Gasteiger partial charge on any atom is 0.343 e.